The zero-order valence-electron chi connectivity index (χ0n) is 31.7. The SMILES string of the molecule is [2H]c1c([2H])c([2H])c(-c2nc(-c3ccc4c(c3)oc3c(-n5c6ccccc6c6ccccc65)cccc34)nc(-c3ccc4sc5ccccc5c4c3)n2)c([2H])c1[2H]. The van der Waals surface area contributed by atoms with Crippen molar-refractivity contribution in [3.63, 3.8) is 0 Å². The van der Waals surface area contributed by atoms with Gasteiger partial charge in [0, 0.05) is 58.4 Å². The third-order valence-corrected chi connectivity index (χ3v) is 10.7. The van der Waals surface area contributed by atoms with Crippen LogP contribution in [0.4, 0.5) is 0 Å². The quantitative estimate of drug-likeness (QED) is 0.186. The summed E-state index contributed by atoms with van der Waals surface area (Å²) < 4.78 is 53.7. The highest BCUT2D eigenvalue weighted by molar-refractivity contribution is 7.25. The lowest BCUT2D eigenvalue weighted by molar-refractivity contribution is 0.666. The van der Waals surface area contributed by atoms with Gasteiger partial charge in [-0.3, -0.25) is 0 Å². The number of benzene rings is 7. The Morgan fingerprint density at radius 1 is 0.490 bits per heavy atom. The summed E-state index contributed by atoms with van der Waals surface area (Å²) in [5, 5.41) is 6.36. The standard InChI is InChI=1S/C45H26N4OS/c1-2-11-27(12-3-1)43-46-44(28-22-24-41-35(25-28)33-15-6-9-20-40(33)51-41)48-45(47-43)29-21-23-32-34-16-10-19-38(42(34)50-39(32)26-29)49-36-17-7-4-13-30(36)31-14-5-8-18-37(31)49/h1-26H/i1D,2D,3D,11D,12D. The zero-order valence-corrected chi connectivity index (χ0v) is 27.5. The van der Waals surface area contributed by atoms with Gasteiger partial charge in [-0.2, -0.15) is 0 Å². The van der Waals surface area contributed by atoms with Crippen LogP contribution in [-0.2, 0) is 0 Å². The summed E-state index contributed by atoms with van der Waals surface area (Å²) in [6, 6.07) is 40.8. The molecule has 0 aliphatic rings. The first-order valence-corrected chi connectivity index (χ1v) is 17.3. The molecule has 6 heteroatoms. The second-order valence-electron chi connectivity index (χ2n) is 12.5. The number of nitrogens with zero attached hydrogens (tertiary/aromatic N) is 4. The molecule has 0 aliphatic heterocycles. The lowest BCUT2D eigenvalue weighted by atomic mass is 10.1. The Morgan fingerprint density at radius 3 is 1.86 bits per heavy atom. The van der Waals surface area contributed by atoms with Gasteiger partial charge >= 0.3 is 0 Å². The van der Waals surface area contributed by atoms with Crippen LogP contribution in [0.2, 0.25) is 0 Å². The molecule has 11 aromatic rings. The Bertz CT molecular complexity index is 3380. The molecule has 0 atom stereocenters. The molecule has 11 rings (SSSR count). The van der Waals surface area contributed by atoms with Crippen molar-refractivity contribution in [3.05, 3.63) is 158 Å². The number of thiophene rings is 1. The van der Waals surface area contributed by atoms with Crippen LogP contribution in [0.15, 0.2) is 162 Å². The van der Waals surface area contributed by atoms with Gasteiger partial charge in [0.2, 0.25) is 0 Å². The molecule has 238 valence electrons. The Hall–Kier alpha value is -6.63. The molecule has 4 aromatic heterocycles. The Morgan fingerprint density at radius 2 is 1.10 bits per heavy atom. The van der Waals surface area contributed by atoms with Crippen LogP contribution in [0.3, 0.4) is 0 Å². The Balaban J connectivity index is 1.13. The molecule has 51 heavy (non-hydrogen) atoms. The first-order valence-electron chi connectivity index (χ1n) is 19.0. The fraction of sp³-hybridized carbons (Fsp3) is 0. The van der Waals surface area contributed by atoms with Crippen molar-refractivity contribution in [2.45, 2.75) is 0 Å². The largest absolute Gasteiger partial charge is 0.454 e. The predicted octanol–water partition coefficient (Wildman–Crippen LogP) is 12.2. The molecule has 7 aromatic carbocycles. The van der Waals surface area contributed by atoms with Crippen LogP contribution in [-0.4, -0.2) is 19.5 Å². The number of furan rings is 1. The second kappa shape index (κ2) is 10.9. The highest BCUT2D eigenvalue weighted by Gasteiger charge is 2.19. The minimum Gasteiger partial charge on any atom is -0.454 e. The first-order chi connectivity index (χ1) is 27.3. The van der Waals surface area contributed by atoms with Gasteiger partial charge < -0.3 is 8.98 Å². The van der Waals surface area contributed by atoms with Gasteiger partial charge in [-0.1, -0.05) is 103 Å². The van der Waals surface area contributed by atoms with E-state index >= 15 is 0 Å². The molecule has 5 nitrogen and oxygen atoms in total. The van der Waals surface area contributed by atoms with Gasteiger partial charge in [-0.05, 0) is 54.6 Å². The van der Waals surface area contributed by atoms with Crippen LogP contribution in [0.25, 0.3) is 104 Å². The summed E-state index contributed by atoms with van der Waals surface area (Å²) in [4.78, 5) is 14.5. The molecule has 0 radical (unpaired) electrons. The molecule has 0 amide bonds. The molecule has 0 fully saturated rings. The van der Waals surface area contributed by atoms with Gasteiger partial charge in [0.05, 0.1) is 23.6 Å². The first kappa shape index (κ1) is 23.7. The molecular formula is C45H26N4OS. The van der Waals surface area contributed by atoms with E-state index in [2.05, 4.69) is 65.2 Å². The van der Waals surface area contributed by atoms with E-state index in [1.165, 1.54) is 0 Å². The molecule has 0 spiro atoms. The normalized spacial score (nSPS) is 13.3. The van der Waals surface area contributed by atoms with Crippen LogP contribution < -0.4 is 0 Å². The van der Waals surface area contributed by atoms with Gasteiger partial charge in [0.1, 0.15) is 5.58 Å². The molecule has 4 heterocycles. The maximum absolute atomic E-state index is 8.76. The lowest BCUT2D eigenvalue weighted by Gasteiger charge is -2.08. The average molecular weight is 676 g/mol. The summed E-state index contributed by atoms with van der Waals surface area (Å²) in [5.41, 5.74) is 5.67. The van der Waals surface area contributed by atoms with Gasteiger partial charge in [0.15, 0.2) is 23.1 Å². The summed E-state index contributed by atoms with van der Waals surface area (Å²) in [6.45, 7) is 0. The highest BCUT2D eigenvalue weighted by Crippen LogP contribution is 2.40. The van der Waals surface area contributed by atoms with Crippen LogP contribution in [0, 0.1) is 0 Å². The number of fused-ring (bicyclic) bond motifs is 9. The smallest absolute Gasteiger partial charge is 0.164 e. The number of aromatic nitrogens is 4. The lowest BCUT2D eigenvalue weighted by Crippen LogP contribution is -2.00. The predicted molar refractivity (Wildman–Crippen MR) is 211 cm³/mol. The molecule has 0 unspecified atom stereocenters. The minimum absolute atomic E-state index is 0.0179. The topological polar surface area (TPSA) is 56.7 Å². The summed E-state index contributed by atoms with van der Waals surface area (Å²) >= 11 is 1.70. The second-order valence-corrected chi connectivity index (χ2v) is 13.5. The van der Waals surface area contributed by atoms with Crippen molar-refractivity contribution in [1.29, 1.82) is 0 Å². The van der Waals surface area contributed by atoms with Crippen molar-refractivity contribution in [2.24, 2.45) is 0 Å². The Kier molecular flexibility index (Phi) is 5.08. The summed E-state index contributed by atoms with van der Waals surface area (Å²) in [7, 11) is 0. The summed E-state index contributed by atoms with van der Waals surface area (Å²) in [5.74, 6) is 0.569. The maximum Gasteiger partial charge on any atom is 0.164 e. The van der Waals surface area contributed by atoms with Crippen molar-refractivity contribution < 1.29 is 11.3 Å². The van der Waals surface area contributed by atoms with E-state index in [1.54, 1.807) is 11.3 Å². The fourth-order valence-corrected chi connectivity index (χ4v) is 8.34. The van der Waals surface area contributed by atoms with E-state index in [0.29, 0.717) is 22.5 Å². The van der Waals surface area contributed by atoms with E-state index in [9.17, 15) is 0 Å². The van der Waals surface area contributed by atoms with E-state index in [4.69, 9.17) is 26.2 Å². The van der Waals surface area contributed by atoms with Crippen molar-refractivity contribution in [3.8, 4) is 39.9 Å². The molecule has 0 saturated heterocycles. The van der Waals surface area contributed by atoms with Crippen molar-refractivity contribution in [1.82, 2.24) is 19.5 Å². The zero-order chi connectivity index (χ0) is 37.8. The van der Waals surface area contributed by atoms with Crippen molar-refractivity contribution >= 4 is 75.3 Å². The van der Waals surface area contributed by atoms with Gasteiger partial charge in [0.25, 0.3) is 0 Å². The van der Waals surface area contributed by atoms with E-state index in [-0.39, 0.29) is 29.3 Å². The minimum atomic E-state index is -0.483. The number of rotatable bonds is 4. The number of hydrogen-bond acceptors (Lipinski definition) is 5. The van der Waals surface area contributed by atoms with Crippen LogP contribution >= 0.6 is 11.3 Å². The fourth-order valence-electron chi connectivity index (χ4n) is 7.25. The average Bonchev–Trinajstić information content (AvgIpc) is 3.91. The van der Waals surface area contributed by atoms with Crippen molar-refractivity contribution in [2.75, 3.05) is 0 Å². The highest BCUT2D eigenvalue weighted by atomic mass is 32.1. The number of hydrogen-bond donors (Lipinski definition) is 0. The molecule has 0 saturated carbocycles. The maximum atomic E-state index is 8.76. The number of para-hydroxylation sites is 3. The summed E-state index contributed by atoms with van der Waals surface area (Å²) in [6.07, 6.45) is 0. The van der Waals surface area contributed by atoms with Crippen LogP contribution in [0.1, 0.15) is 6.85 Å². The molecule has 0 aliphatic carbocycles. The van der Waals surface area contributed by atoms with E-state index < -0.39 is 18.1 Å². The molecule has 0 N–H and O–H groups in total. The van der Waals surface area contributed by atoms with Crippen LogP contribution in [0.5, 0.6) is 0 Å². The third-order valence-electron chi connectivity index (χ3n) is 9.55. The monoisotopic (exact) mass is 675 g/mol. The van der Waals surface area contributed by atoms with Gasteiger partial charge in [-0.25, -0.2) is 15.0 Å². The van der Waals surface area contributed by atoms with E-state index in [1.807, 2.05) is 66.7 Å². The Labute approximate surface area is 302 Å². The molecule has 0 bridgehead atoms. The third kappa shape index (κ3) is 4.37. The van der Waals surface area contributed by atoms with Gasteiger partial charge in [-0.15, -0.1) is 11.3 Å². The van der Waals surface area contributed by atoms with E-state index in [0.717, 1.165) is 64.0 Å². The molecular weight excluding hydrogens is 645 g/mol.